The molecule has 0 saturated carbocycles. The van der Waals surface area contributed by atoms with E-state index in [1.165, 1.54) is 16.7 Å². The molecule has 0 spiro atoms. The summed E-state index contributed by atoms with van der Waals surface area (Å²) >= 11 is 0. The third-order valence-electron chi connectivity index (χ3n) is 6.42. The Morgan fingerprint density at radius 1 is 1.09 bits per heavy atom. The van der Waals surface area contributed by atoms with Gasteiger partial charge in [0.2, 0.25) is 0 Å². The monoisotopic (exact) mass is 452 g/mol. The minimum absolute atomic E-state index is 0.335. The van der Waals surface area contributed by atoms with Crippen LogP contribution in [0.4, 0.5) is 0 Å². The van der Waals surface area contributed by atoms with E-state index in [4.69, 9.17) is 4.74 Å². The first-order valence-electron chi connectivity index (χ1n) is 12.1. The van der Waals surface area contributed by atoms with E-state index in [1.807, 2.05) is 18.3 Å². The third-order valence-corrected chi connectivity index (χ3v) is 6.42. The van der Waals surface area contributed by atoms with Crippen LogP contribution in [-0.2, 0) is 0 Å². The molecule has 0 aliphatic carbocycles. The molecule has 1 N–H and O–H groups in total. The van der Waals surface area contributed by atoms with Gasteiger partial charge >= 0.3 is 0 Å². The molecule has 5 nitrogen and oxygen atoms in total. The van der Waals surface area contributed by atoms with Gasteiger partial charge in [0.25, 0.3) is 0 Å². The highest BCUT2D eigenvalue weighted by atomic mass is 16.5. The summed E-state index contributed by atoms with van der Waals surface area (Å²) in [7, 11) is 6.43. The number of pyridine rings is 1. The van der Waals surface area contributed by atoms with Gasteiger partial charge in [-0.25, -0.2) is 0 Å². The molecule has 0 aliphatic rings. The molecule has 1 aromatic heterocycles. The molecule has 0 saturated heterocycles. The summed E-state index contributed by atoms with van der Waals surface area (Å²) in [4.78, 5) is 8.82. The van der Waals surface area contributed by atoms with E-state index in [1.54, 1.807) is 6.20 Å². The van der Waals surface area contributed by atoms with Gasteiger partial charge < -0.3 is 15.0 Å². The Labute approximate surface area is 201 Å². The van der Waals surface area contributed by atoms with Crippen LogP contribution in [-0.4, -0.2) is 62.2 Å². The van der Waals surface area contributed by atoms with Crippen LogP contribution in [0, 0.1) is 19.8 Å². The van der Waals surface area contributed by atoms with Gasteiger partial charge in [-0.05, 0) is 102 Å². The van der Waals surface area contributed by atoms with Crippen LogP contribution in [0.5, 0.6) is 5.75 Å². The molecule has 1 heterocycles. The maximum atomic E-state index is 6.10. The standard InChI is InChI=1S/C28H44N4O/c1-21(18-30-24(4)26-12-11-15-29-19-26)20-32(8)25(5)27-13-14-28(23(3)22(27)2)33-17-10-9-16-31(6)7/h11-15,19,21,25,30H,4,9-10,16-18,20H2,1-3,5-8H3. The van der Waals surface area contributed by atoms with Crippen molar-refractivity contribution in [1.82, 2.24) is 20.1 Å². The second-order valence-electron chi connectivity index (χ2n) is 9.58. The zero-order valence-corrected chi connectivity index (χ0v) is 21.8. The van der Waals surface area contributed by atoms with Gasteiger partial charge in [0.1, 0.15) is 5.75 Å². The van der Waals surface area contributed by atoms with Crippen LogP contribution in [0.1, 0.15) is 55.0 Å². The number of nitrogens with zero attached hydrogens (tertiary/aromatic N) is 3. The number of hydrogen-bond donors (Lipinski definition) is 1. The van der Waals surface area contributed by atoms with Crippen molar-refractivity contribution in [2.75, 3.05) is 47.4 Å². The summed E-state index contributed by atoms with van der Waals surface area (Å²) in [5, 5.41) is 3.47. The molecule has 0 fully saturated rings. The van der Waals surface area contributed by atoms with Crippen molar-refractivity contribution in [1.29, 1.82) is 0 Å². The minimum atomic E-state index is 0.335. The maximum Gasteiger partial charge on any atom is 0.122 e. The Kier molecular flexibility index (Phi) is 10.9. The highest BCUT2D eigenvalue weighted by Gasteiger charge is 2.18. The zero-order chi connectivity index (χ0) is 24.4. The lowest BCUT2D eigenvalue weighted by atomic mass is 9.96. The molecule has 0 radical (unpaired) electrons. The second-order valence-corrected chi connectivity index (χ2v) is 9.58. The lowest BCUT2D eigenvalue weighted by molar-refractivity contribution is 0.225. The highest BCUT2D eigenvalue weighted by molar-refractivity contribution is 5.60. The van der Waals surface area contributed by atoms with E-state index in [0.29, 0.717) is 12.0 Å². The van der Waals surface area contributed by atoms with Gasteiger partial charge in [-0.3, -0.25) is 9.88 Å². The Bertz CT molecular complexity index is 866. The van der Waals surface area contributed by atoms with Gasteiger partial charge in [-0.15, -0.1) is 0 Å². The highest BCUT2D eigenvalue weighted by Crippen LogP contribution is 2.30. The Morgan fingerprint density at radius 3 is 2.52 bits per heavy atom. The predicted molar refractivity (Wildman–Crippen MR) is 141 cm³/mol. The van der Waals surface area contributed by atoms with Crippen LogP contribution in [0.3, 0.4) is 0 Å². The van der Waals surface area contributed by atoms with Crippen molar-refractivity contribution in [2.24, 2.45) is 5.92 Å². The molecular formula is C28H44N4O. The van der Waals surface area contributed by atoms with E-state index in [2.05, 4.69) is 87.7 Å². The Balaban J connectivity index is 1.87. The third kappa shape index (κ3) is 8.49. The van der Waals surface area contributed by atoms with E-state index >= 15 is 0 Å². The molecule has 2 atom stereocenters. The molecule has 2 unspecified atom stereocenters. The molecule has 0 aliphatic heterocycles. The first-order valence-corrected chi connectivity index (χ1v) is 12.1. The predicted octanol–water partition coefficient (Wildman–Crippen LogP) is 5.31. The Hall–Kier alpha value is -2.37. The number of unbranched alkanes of at least 4 members (excludes halogenated alkanes) is 1. The minimum Gasteiger partial charge on any atom is -0.493 e. The number of nitrogens with one attached hydrogen (secondary N) is 1. The molecule has 5 heteroatoms. The smallest absolute Gasteiger partial charge is 0.122 e. The first kappa shape index (κ1) is 26.9. The van der Waals surface area contributed by atoms with Crippen molar-refractivity contribution in [3.05, 3.63) is 65.5 Å². The van der Waals surface area contributed by atoms with E-state index < -0.39 is 0 Å². The fourth-order valence-electron chi connectivity index (χ4n) is 4.03. The second kappa shape index (κ2) is 13.4. The topological polar surface area (TPSA) is 40.6 Å². The number of rotatable bonds is 14. The van der Waals surface area contributed by atoms with Crippen molar-refractivity contribution >= 4 is 5.70 Å². The molecule has 182 valence electrons. The number of aromatic nitrogens is 1. The van der Waals surface area contributed by atoms with Crippen LogP contribution in [0.2, 0.25) is 0 Å². The largest absolute Gasteiger partial charge is 0.493 e. The SMILES string of the molecule is C=C(NCC(C)CN(C)C(C)c1ccc(OCCCCN(C)C)c(C)c1C)c1cccnc1. The molecule has 33 heavy (non-hydrogen) atoms. The fraction of sp³-hybridized carbons (Fsp3) is 0.536. The number of hydrogen-bond acceptors (Lipinski definition) is 5. The average Bonchev–Trinajstić information content (AvgIpc) is 2.79. The maximum absolute atomic E-state index is 6.10. The summed E-state index contributed by atoms with van der Waals surface area (Å²) in [6.45, 7) is 16.9. The summed E-state index contributed by atoms with van der Waals surface area (Å²) in [5.74, 6) is 1.50. The first-order chi connectivity index (χ1) is 15.7. The molecule has 0 bridgehead atoms. The normalized spacial score (nSPS) is 13.2. The van der Waals surface area contributed by atoms with Crippen LogP contribution >= 0.6 is 0 Å². The van der Waals surface area contributed by atoms with Gasteiger partial charge in [-0.2, -0.15) is 0 Å². The van der Waals surface area contributed by atoms with E-state index in [0.717, 1.165) is 56.1 Å². The molecule has 0 amide bonds. The zero-order valence-electron chi connectivity index (χ0n) is 21.8. The lowest BCUT2D eigenvalue weighted by Gasteiger charge is -2.30. The number of benzene rings is 1. The summed E-state index contributed by atoms with van der Waals surface area (Å²) < 4.78 is 6.10. The average molecular weight is 453 g/mol. The fourth-order valence-corrected chi connectivity index (χ4v) is 4.03. The molecule has 2 rings (SSSR count). The van der Waals surface area contributed by atoms with Crippen LogP contribution in [0.15, 0.2) is 43.2 Å². The Morgan fingerprint density at radius 2 is 1.85 bits per heavy atom. The lowest BCUT2D eigenvalue weighted by Crippen LogP contribution is -2.32. The quantitative estimate of drug-likeness (QED) is 0.394. The van der Waals surface area contributed by atoms with Gasteiger partial charge in [-0.1, -0.05) is 19.6 Å². The van der Waals surface area contributed by atoms with Crippen molar-refractivity contribution in [2.45, 2.75) is 46.6 Å². The summed E-state index contributed by atoms with van der Waals surface area (Å²) in [5.41, 5.74) is 5.92. The van der Waals surface area contributed by atoms with Gasteiger partial charge in [0.15, 0.2) is 0 Å². The van der Waals surface area contributed by atoms with Crippen LogP contribution < -0.4 is 10.1 Å². The van der Waals surface area contributed by atoms with Gasteiger partial charge in [0.05, 0.1) is 6.61 Å². The van der Waals surface area contributed by atoms with E-state index in [-0.39, 0.29) is 0 Å². The van der Waals surface area contributed by atoms with E-state index in [9.17, 15) is 0 Å². The number of ether oxygens (including phenoxy) is 1. The molecule has 1 aromatic carbocycles. The van der Waals surface area contributed by atoms with Crippen molar-refractivity contribution in [3.8, 4) is 5.75 Å². The van der Waals surface area contributed by atoms with Crippen molar-refractivity contribution in [3.63, 3.8) is 0 Å². The van der Waals surface area contributed by atoms with Gasteiger partial charge in [0, 0.05) is 42.8 Å². The van der Waals surface area contributed by atoms with Crippen molar-refractivity contribution < 1.29 is 4.74 Å². The van der Waals surface area contributed by atoms with Crippen LogP contribution in [0.25, 0.3) is 5.70 Å². The molecular weight excluding hydrogens is 408 g/mol. The summed E-state index contributed by atoms with van der Waals surface area (Å²) in [6.07, 6.45) is 5.87. The molecule has 2 aromatic rings. The summed E-state index contributed by atoms with van der Waals surface area (Å²) in [6, 6.07) is 8.70.